The van der Waals surface area contributed by atoms with Crippen LogP contribution in [0.1, 0.15) is 54.7 Å². The standard InChI is InChI=1S/C27H29NO2/c29-25-16-8-7-15-23(25)24(21-11-3-1-4-12-21)19-26(30)28-20-27(17-9-10-18-27)22-13-5-2-6-14-22/h1-8,11-16,24,29H,9-10,17-20H2,(H,28,30)/t24-/m0/s1. The van der Waals surface area contributed by atoms with E-state index in [2.05, 4.69) is 29.6 Å². The topological polar surface area (TPSA) is 49.3 Å². The maximum Gasteiger partial charge on any atom is 0.220 e. The molecule has 1 aliphatic rings. The van der Waals surface area contributed by atoms with Gasteiger partial charge in [0, 0.05) is 29.9 Å². The Labute approximate surface area is 178 Å². The minimum atomic E-state index is -0.177. The fourth-order valence-corrected chi connectivity index (χ4v) is 4.81. The molecule has 0 aliphatic heterocycles. The summed E-state index contributed by atoms with van der Waals surface area (Å²) in [6.45, 7) is 0.665. The van der Waals surface area contributed by atoms with Gasteiger partial charge in [0.25, 0.3) is 0 Å². The highest BCUT2D eigenvalue weighted by Crippen LogP contribution is 2.40. The smallest absolute Gasteiger partial charge is 0.220 e. The molecule has 1 aliphatic carbocycles. The highest BCUT2D eigenvalue weighted by molar-refractivity contribution is 5.78. The summed E-state index contributed by atoms with van der Waals surface area (Å²) in [6.07, 6.45) is 4.94. The van der Waals surface area contributed by atoms with Gasteiger partial charge in [0.15, 0.2) is 0 Å². The molecule has 3 heteroatoms. The number of phenolic OH excluding ortho intramolecular Hbond substituents is 1. The molecule has 0 heterocycles. The summed E-state index contributed by atoms with van der Waals surface area (Å²) in [7, 11) is 0. The van der Waals surface area contributed by atoms with Crippen molar-refractivity contribution in [2.24, 2.45) is 0 Å². The molecule has 0 radical (unpaired) electrons. The fourth-order valence-electron chi connectivity index (χ4n) is 4.81. The van der Waals surface area contributed by atoms with Crippen LogP contribution >= 0.6 is 0 Å². The first-order chi connectivity index (χ1) is 14.7. The van der Waals surface area contributed by atoms with Gasteiger partial charge in [-0.2, -0.15) is 0 Å². The van der Waals surface area contributed by atoms with Crippen LogP contribution in [0.4, 0.5) is 0 Å². The van der Waals surface area contributed by atoms with Gasteiger partial charge in [-0.1, -0.05) is 91.7 Å². The monoisotopic (exact) mass is 399 g/mol. The quantitative estimate of drug-likeness (QED) is 0.548. The number of phenols is 1. The van der Waals surface area contributed by atoms with Crippen LogP contribution in [-0.4, -0.2) is 17.6 Å². The molecule has 1 saturated carbocycles. The van der Waals surface area contributed by atoms with Crippen molar-refractivity contribution in [3.63, 3.8) is 0 Å². The van der Waals surface area contributed by atoms with Gasteiger partial charge in [-0.15, -0.1) is 0 Å². The average molecular weight is 400 g/mol. The second-order valence-corrected chi connectivity index (χ2v) is 8.36. The van der Waals surface area contributed by atoms with E-state index in [1.165, 1.54) is 18.4 Å². The molecular weight excluding hydrogens is 370 g/mol. The van der Waals surface area contributed by atoms with Crippen molar-refractivity contribution in [1.29, 1.82) is 0 Å². The lowest BCUT2D eigenvalue weighted by Gasteiger charge is -2.30. The van der Waals surface area contributed by atoms with Gasteiger partial charge in [0.2, 0.25) is 5.91 Å². The molecule has 3 nitrogen and oxygen atoms in total. The Morgan fingerprint density at radius 2 is 1.47 bits per heavy atom. The molecule has 1 atom stereocenters. The number of aromatic hydroxyl groups is 1. The highest BCUT2D eigenvalue weighted by atomic mass is 16.3. The van der Waals surface area contributed by atoms with Gasteiger partial charge < -0.3 is 10.4 Å². The van der Waals surface area contributed by atoms with E-state index in [0.717, 1.165) is 24.0 Å². The molecule has 3 aromatic carbocycles. The molecule has 2 N–H and O–H groups in total. The molecule has 154 valence electrons. The van der Waals surface area contributed by atoms with Gasteiger partial charge in [0.1, 0.15) is 5.75 Å². The van der Waals surface area contributed by atoms with E-state index < -0.39 is 0 Å². The Bertz CT molecular complexity index is 962. The van der Waals surface area contributed by atoms with Crippen LogP contribution in [0.2, 0.25) is 0 Å². The number of hydrogen-bond donors (Lipinski definition) is 2. The molecule has 0 aromatic heterocycles. The lowest BCUT2D eigenvalue weighted by atomic mass is 9.78. The van der Waals surface area contributed by atoms with Crippen molar-refractivity contribution in [2.45, 2.75) is 43.4 Å². The summed E-state index contributed by atoms with van der Waals surface area (Å²) in [4.78, 5) is 13.0. The van der Waals surface area contributed by atoms with E-state index >= 15 is 0 Å². The zero-order chi connectivity index (χ0) is 20.8. The van der Waals surface area contributed by atoms with Gasteiger partial charge >= 0.3 is 0 Å². The van der Waals surface area contributed by atoms with Crippen molar-refractivity contribution < 1.29 is 9.90 Å². The Hall–Kier alpha value is -3.07. The van der Waals surface area contributed by atoms with Crippen molar-refractivity contribution in [2.75, 3.05) is 6.54 Å². The summed E-state index contributed by atoms with van der Waals surface area (Å²) in [6, 6.07) is 27.9. The van der Waals surface area contributed by atoms with Crippen LogP contribution in [0.3, 0.4) is 0 Å². The van der Waals surface area contributed by atoms with E-state index in [-0.39, 0.29) is 23.0 Å². The van der Waals surface area contributed by atoms with Crippen molar-refractivity contribution in [3.05, 3.63) is 102 Å². The Morgan fingerprint density at radius 3 is 2.13 bits per heavy atom. The van der Waals surface area contributed by atoms with Gasteiger partial charge in [-0.3, -0.25) is 4.79 Å². The lowest BCUT2D eigenvalue weighted by molar-refractivity contribution is -0.121. The number of benzene rings is 3. The first kappa shape index (κ1) is 20.2. The second kappa shape index (κ2) is 9.17. The zero-order valence-corrected chi connectivity index (χ0v) is 17.3. The van der Waals surface area contributed by atoms with Crippen molar-refractivity contribution in [3.8, 4) is 5.75 Å². The summed E-state index contributed by atoms with van der Waals surface area (Å²) < 4.78 is 0. The molecule has 0 bridgehead atoms. The van der Waals surface area contributed by atoms with E-state index in [4.69, 9.17) is 0 Å². The van der Waals surface area contributed by atoms with Gasteiger partial charge in [-0.25, -0.2) is 0 Å². The predicted octanol–water partition coefficient (Wildman–Crippen LogP) is 5.54. The van der Waals surface area contributed by atoms with Crippen LogP contribution in [0, 0.1) is 0 Å². The van der Waals surface area contributed by atoms with Crippen LogP contribution < -0.4 is 5.32 Å². The second-order valence-electron chi connectivity index (χ2n) is 8.36. The summed E-state index contributed by atoms with van der Waals surface area (Å²) in [5.74, 6) is 0.0775. The molecule has 0 spiro atoms. The Kier molecular flexibility index (Phi) is 6.18. The molecule has 1 amide bonds. The van der Waals surface area contributed by atoms with E-state index in [1.807, 2.05) is 54.6 Å². The number of carbonyl (C=O) groups is 1. The van der Waals surface area contributed by atoms with Crippen LogP contribution in [0.15, 0.2) is 84.9 Å². The summed E-state index contributed by atoms with van der Waals surface area (Å²) in [5.41, 5.74) is 3.18. The number of rotatable bonds is 7. The fraction of sp³-hybridized carbons (Fsp3) is 0.296. The highest BCUT2D eigenvalue weighted by Gasteiger charge is 2.36. The van der Waals surface area contributed by atoms with Crippen LogP contribution in [0.25, 0.3) is 0 Å². The van der Waals surface area contributed by atoms with Crippen molar-refractivity contribution in [1.82, 2.24) is 5.32 Å². The number of hydrogen-bond acceptors (Lipinski definition) is 2. The maximum atomic E-state index is 13.0. The van der Waals surface area contributed by atoms with E-state index in [0.29, 0.717) is 13.0 Å². The molecular formula is C27H29NO2. The third-order valence-electron chi connectivity index (χ3n) is 6.47. The average Bonchev–Trinajstić information content (AvgIpc) is 3.28. The van der Waals surface area contributed by atoms with Crippen LogP contribution in [-0.2, 0) is 10.2 Å². The minimum absolute atomic E-state index is 0.0225. The largest absolute Gasteiger partial charge is 0.508 e. The first-order valence-corrected chi connectivity index (χ1v) is 10.8. The zero-order valence-electron chi connectivity index (χ0n) is 17.3. The number of para-hydroxylation sites is 1. The predicted molar refractivity (Wildman–Crippen MR) is 121 cm³/mol. The molecule has 1 fully saturated rings. The molecule has 0 saturated heterocycles. The molecule has 30 heavy (non-hydrogen) atoms. The van der Waals surface area contributed by atoms with E-state index in [9.17, 15) is 9.90 Å². The van der Waals surface area contributed by atoms with E-state index in [1.54, 1.807) is 6.07 Å². The Morgan fingerprint density at radius 1 is 0.867 bits per heavy atom. The number of nitrogens with one attached hydrogen (secondary N) is 1. The SMILES string of the molecule is O=C(C[C@@H](c1ccccc1)c1ccccc1O)NCC1(c2ccccc2)CCCC1. The summed E-state index contributed by atoms with van der Waals surface area (Å²) >= 11 is 0. The molecule has 4 rings (SSSR count). The molecule has 3 aromatic rings. The maximum absolute atomic E-state index is 13.0. The molecule has 0 unspecified atom stereocenters. The third kappa shape index (κ3) is 4.40. The summed E-state index contributed by atoms with van der Waals surface area (Å²) in [5, 5.41) is 13.6. The van der Waals surface area contributed by atoms with Crippen molar-refractivity contribution >= 4 is 5.91 Å². The first-order valence-electron chi connectivity index (χ1n) is 10.8. The Balaban J connectivity index is 1.51. The van der Waals surface area contributed by atoms with Gasteiger partial charge in [0.05, 0.1) is 0 Å². The van der Waals surface area contributed by atoms with Crippen LogP contribution in [0.5, 0.6) is 5.75 Å². The lowest BCUT2D eigenvalue weighted by Crippen LogP contribution is -2.39. The minimum Gasteiger partial charge on any atom is -0.508 e. The number of carbonyl (C=O) groups excluding carboxylic acids is 1. The number of amides is 1. The third-order valence-corrected chi connectivity index (χ3v) is 6.47. The van der Waals surface area contributed by atoms with Gasteiger partial charge in [-0.05, 0) is 30.0 Å². The normalized spacial score (nSPS) is 16.1.